The Morgan fingerprint density at radius 2 is 1.87 bits per heavy atom. The predicted molar refractivity (Wildman–Crippen MR) is 90.4 cm³/mol. The number of likely N-dealkylation sites (N-methyl/N-ethyl adjacent to an activating group) is 1. The Labute approximate surface area is 137 Å². The Balaban J connectivity index is 1.62. The summed E-state index contributed by atoms with van der Waals surface area (Å²) in [6.45, 7) is 3.79. The number of hydrogen-bond acceptors (Lipinski definition) is 4. The molecule has 0 N–H and O–H groups in total. The van der Waals surface area contributed by atoms with Crippen molar-refractivity contribution in [3.63, 3.8) is 0 Å². The Morgan fingerprint density at radius 1 is 1.09 bits per heavy atom. The standard InChI is InChI=1S/C19H23NO3/c1-16-7-6-10-18(13-16)23-15-19(21)22-12-11-20(2)14-17-8-4-3-5-9-17/h3-10,13H,11-12,14-15H2,1-2H3. The van der Waals surface area contributed by atoms with Crippen LogP contribution in [0.5, 0.6) is 5.75 Å². The molecule has 2 rings (SSSR count). The van der Waals surface area contributed by atoms with Crippen LogP contribution in [0.2, 0.25) is 0 Å². The first-order chi connectivity index (χ1) is 11.1. The van der Waals surface area contributed by atoms with Gasteiger partial charge in [0.1, 0.15) is 12.4 Å². The van der Waals surface area contributed by atoms with Crippen LogP contribution in [-0.4, -0.2) is 37.7 Å². The maximum atomic E-state index is 11.7. The molecule has 0 aliphatic rings. The van der Waals surface area contributed by atoms with Crippen LogP contribution >= 0.6 is 0 Å². The minimum absolute atomic E-state index is 0.0636. The molecular formula is C19H23NO3. The maximum Gasteiger partial charge on any atom is 0.344 e. The van der Waals surface area contributed by atoms with Crippen LogP contribution in [0.3, 0.4) is 0 Å². The first-order valence-electron chi connectivity index (χ1n) is 7.71. The third-order valence-corrected chi connectivity index (χ3v) is 3.38. The van der Waals surface area contributed by atoms with Gasteiger partial charge in [0.2, 0.25) is 0 Å². The second-order valence-electron chi connectivity index (χ2n) is 5.55. The molecule has 0 unspecified atom stereocenters. The number of esters is 1. The molecule has 2 aromatic carbocycles. The molecule has 0 amide bonds. The van der Waals surface area contributed by atoms with E-state index >= 15 is 0 Å². The minimum atomic E-state index is -0.348. The number of carbonyl (C=O) groups is 1. The van der Waals surface area contributed by atoms with E-state index in [1.807, 2.05) is 56.4 Å². The second-order valence-corrected chi connectivity index (χ2v) is 5.55. The zero-order chi connectivity index (χ0) is 16.5. The van der Waals surface area contributed by atoms with Crippen molar-refractivity contribution in [2.24, 2.45) is 0 Å². The van der Waals surface area contributed by atoms with Gasteiger partial charge in [-0.1, -0.05) is 42.5 Å². The lowest BCUT2D eigenvalue weighted by Crippen LogP contribution is -2.25. The highest BCUT2D eigenvalue weighted by molar-refractivity contribution is 5.71. The summed E-state index contributed by atoms with van der Waals surface area (Å²) in [5.74, 6) is 0.336. The Kier molecular flexibility index (Phi) is 6.63. The minimum Gasteiger partial charge on any atom is -0.482 e. The summed E-state index contributed by atoms with van der Waals surface area (Å²) in [6.07, 6.45) is 0. The second kappa shape index (κ2) is 8.96. The molecule has 0 heterocycles. The van der Waals surface area contributed by atoms with Crippen molar-refractivity contribution in [2.75, 3.05) is 26.8 Å². The van der Waals surface area contributed by atoms with Crippen LogP contribution in [0.4, 0.5) is 0 Å². The van der Waals surface area contributed by atoms with Gasteiger partial charge in [0.15, 0.2) is 6.61 Å². The monoisotopic (exact) mass is 313 g/mol. The number of aryl methyl sites for hydroxylation is 1. The van der Waals surface area contributed by atoms with Gasteiger partial charge in [-0.3, -0.25) is 4.90 Å². The molecular weight excluding hydrogens is 290 g/mol. The van der Waals surface area contributed by atoms with Crippen LogP contribution in [0.1, 0.15) is 11.1 Å². The van der Waals surface area contributed by atoms with Crippen LogP contribution in [0, 0.1) is 6.92 Å². The quantitative estimate of drug-likeness (QED) is 0.702. The van der Waals surface area contributed by atoms with Gasteiger partial charge >= 0.3 is 5.97 Å². The Bertz CT molecular complexity index is 613. The van der Waals surface area contributed by atoms with E-state index in [0.717, 1.165) is 12.1 Å². The van der Waals surface area contributed by atoms with Gasteiger partial charge < -0.3 is 9.47 Å². The summed E-state index contributed by atoms with van der Waals surface area (Å²) in [7, 11) is 2.00. The molecule has 0 aliphatic carbocycles. The lowest BCUT2D eigenvalue weighted by Gasteiger charge is -2.16. The van der Waals surface area contributed by atoms with Gasteiger partial charge in [-0.05, 0) is 37.2 Å². The molecule has 0 saturated carbocycles. The molecule has 0 aromatic heterocycles. The zero-order valence-corrected chi connectivity index (χ0v) is 13.7. The molecule has 4 heteroatoms. The molecule has 23 heavy (non-hydrogen) atoms. The molecule has 0 radical (unpaired) electrons. The SMILES string of the molecule is Cc1cccc(OCC(=O)OCCN(C)Cc2ccccc2)c1. The van der Waals surface area contributed by atoms with E-state index < -0.39 is 0 Å². The van der Waals surface area contributed by atoms with Crippen molar-refractivity contribution in [1.29, 1.82) is 0 Å². The van der Waals surface area contributed by atoms with Crippen molar-refractivity contribution in [2.45, 2.75) is 13.5 Å². The fourth-order valence-corrected chi connectivity index (χ4v) is 2.18. The molecule has 0 bridgehead atoms. The lowest BCUT2D eigenvalue weighted by atomic mass is 10.2. The van der Waals surface area contributed by atoms with E-state index in [4.69, 9.17) is 9.47 Å². The predicted octanol–water partition coefficient (Wildman–Crippen LogP) is 3.05. The summed E-state index contributed by atoms with van der Waals surface area (Å²) in [4.78, 5) is 13.8. The van der Waals surface area contributed by atoms with E-state index in [1.165, 1.54) is 5.56 Å². The van der Waals surface area contributed by atoms with Crippen molar-refractivity contribution < 1.29 is 14.3 Å². The molecule has 0 aliphatic heterocycles. The van der Waals surface area contributed by atoms with Gasteiger partial charge in [0.25, 0.3) is 0 Å². The summed E-state index contributed by atoms with van der Waals surface area (Å²) >= 11 is 0. The van der Waals surface area contributed by atoms with Gasteiger partial charge in [0, 0.05) is 13.1 Å². The fraction of sp³-hybridized carbons (Fsp3) is 0.316. The molecule has 0 fully saturated rings. The smallest absolute Gasteiger partial charge is 0.344 e. The van der Waals surface area contributed by atoms with Crippen molar-refractivity contribution in [1.82, 2.24) is 4.90 Å². The van der Waals surface area contributed by atoms with E-state index in [-0.39, 0.29) is 12.6 Å². The number of hydrogen-bond donors (Lipinski definition) is 0. The highest BCUT2D eigenvalue weighted by atomic mass is 16.6. The summed E-state index contributed by atoms with van der Waals surface area (Å²) in [6, 6.07) is 17.8. The van der Waals surface area contributed by atoms with Crippen molar-refractivity contribution in [3.8, 4) is 5.75 Å². The number of benzene rings is 2. The van der Waals surface area contributed by atoms with Gasteiger partial charge in [-0.2, -0.15) is 0 Å². The van der Waals surface area contributed by atoms with Gasteiger partial charge in [-0.25, -0.2) is 4.79 Å². The van der Waals surface area contributed by atoms with Crippen LogP contribution in [-0.2, 0) is 16.1 Å². The van der Waals surface area contributed by atoms with Crippen LogP contribution in [0.15, 0.2) is 54.6 Å². The fourth-order valence-electron chi connectivity index (χ4n) is 2.18. The topological polar surface area (TPSA) is 38.8 Å². The lowest BCUT2D eigenvalue weighted by molar-refractivity contribution is -0.146. The van der Waals surface area contributed by atoms with Crippen molar-refractivity contribution in [3.05, 3.63) is 65.7 Å². The van der Waals surface area contributed by atoms with Crippen LogP contribution < -0.4 is 4.74 Å². The summed E-state index contributed by atoms with van der Waals surface area (Å²) < 4.78 is 10.6. The average Bonchev–Trinajstić information content (AvgIpc) is 2.54. The van der Waals surface area contributed by atoms with Crippen molar-refractivity contribution >= 4 is 5.97 Å². The van der Waals surface area contributed by atoms with E-state index in [1.54, 1.807) is 0 Å². The van der Waals surface area contributed by atoms with E-state index in [2.05, 4.69) is 17.0 Å². The van der Waals surface area contributed by atoms with E-state index in [9.17, 15) is 4.79 Å². The normalized spacial score (nSPS) is 10.6. The molecule has 0 atom stereocenters. The Morgan fingerprint density at radius 3 is 2.61 bits per heavy atom. The average molecular weight is 313 g/mol. The summed E-state index contributed by atoms with van der Waals surface area (Å²) in [5, 5.41) is 0. The largest absolute Gasteiger partial charge is 0.482 e. The molecule has 0 spiro atoms. The molecule has 2 aromatic rings. The third-order valence-electron chi connectivity index (χ3n) is 3.38. The molecule has 4 nitrogen and oxygen atoms in total. The molecule has 0 saturated heterocycles. The van der Waals surface area contributed by atoms with Gasteiger partial charge in [0.05, 0.1) is 0 Å². The third kappa shape index (κ3) is 6.53. The zero-order valence-electron chi connectivity index (χ0n) is 13.7. The highest BCUT2D eigenvalue weighted by Crippen LogP contribution is 2.12. The van der Waals surface area contributed by atoms with Crippen LogP contribution in [0.25, 0.3) is 0 Å². The number of nitrogens with zero attached hydrogens (tertiary/aromatic N) is 1. The number of carbonyl (C=O) groups excluding carboxylic acids is 1. The summed E-state index contributed by atoms with van der Waals surface area (Å²) in [5.41, 5.74) is 2.34. The first-order valence-corrected chi connectivity index (χ1v) is 7.71. The number of rotatable bonds is 8. The van der Waals surface area contributed by atoms with E-state index in [0.29, 0.717) is 18.9 Å². The molecule has 122 valence electrons. The Hall–Kier alpha value is -2.33. The number of ether oxygens (including phenoxy) is 2. The maximum absolute atomic E-state index is 11.7. The highest BCUT2D eigenvalue weighted by Gasteiger charge is 2.06. The first kappa shape index (κ1) is 17.0. The van der Waals surface area contributed by atoms with Gasteiger partial charge in [-0.15, -0.1) is 0 Å².